The molecule has 9 aromatic rings. The molecule has 9 heteroatoms. The van der Waals surface area contributed by atoms with Gasteiger partial charge in [0.25, 0.3) is 0 Å². The summed E-state index contributed by atoms with van der Waals surface area (Å²) in [5, 5.41) is 8.18. The van der Waals surface area contributed by atoms with Crippen molar-refractivity contribution in [3.63, 3.8) is 0 Å². The van der Waals surface area contributed by atoms with Gasteiger partial charge in [0.1, 0.15) is 22.0 Å². The largest absolute Gasteiger partial charge is 0.509 e. The summed E-state index contributed by atoms with van der Waals surface area (Å²) in [7, 11) is -4.27. The van der Waals surface area contributed by atoms with Gasteiger partial charge in [0, 0.05) is 78.4 Å². The van der Waals surface area contributed by atoms with Crippen molar-refractivity contribution in [3.8, 4) is 17.3 Å². The summed E-state index contributed by atoms with van der Waals surface area (Å²) in [6.45, 7) is 19.1. The third-order valence-corrected chi connectivity index (χ3v) is 20.8. The van der Waals surface area contributed by atoms with Crippen LogP contribution in [0.15, 0.2) is 158 Å². The van der Waals surface area contributed by atoms with Gasteiger partial charge in [-0.25, -0.2) is 4.98 Å². The summed E-state index contributed by atoms with van der Waals surface area (Å²) in [6, 6.07) is 62.3. The third kappa shape index (κ3) is 6.32. The van der Waals surface area contributed by atoms with Gasteiger partial charge in [-0.1, -0.05) is 119 Å². The van der Waals surface area contributed by atoms with Gasteiger partial charge in [-0.2, -0.15) is 12.1 Å². The molecule has 65 heavy (non-hydrogen) atoms. The zero-order chi connectivity index (χ0) is 43.7. The van der Waals surface area contributed by atoms with Crippen molar-refractivity contribution in [2.24, 2.45) is 0 Å². The number of ether oxygens (including phenoxy) is 1. The van der Waals surface area contributed by atoms with Crippen molar-refractivity contribution in [2.75, 3.05) is 14.7 Å². The fraction of sp³-hybridized carbons (Fsp3) is 0.143. The van der Waals surface area contributed by atoms with Crippen molar-refractivity contribution in [1.29, 1.82) is 0 Å². The maximum atomic E-state index is 6.67. The van der Waals surface area contributed by atoms with E-state index < -0.39 is 16.1 Å². The number of para-hydroxylation sites is 5. The van der Waals surface area contributed by atoms with Crippen molar-refractivity contribution in [2.45, 2.75) is 52.4 Å². The molecule has 0 amide bonds. The Balaban J connectivity index is 0.00000469. The molecule has 0 atom stereocenters. The van der Waals surface area contributed by atoms with Crippen molar-refractivity contribution in [1.82, 2.24) is 9.55 Å². The van der Waals surface area contributed by atoms with Crippen LogP contribution in [0.4, 0.5) is 39.8 Å². The minimum absolute atomic E-state index is 0. The molecule has 0 spiro atoms. The summed E-state index contributed by atoms with van der Waals surface area (Å²) in [4.78, 5) is 12.1. The molecular formula is C56H48N5OPtSi2-3. The average Bonchev–Trinajstić information content (AvgIpc) is 3.85. The SMILES string of the molecule is CC(C)(C)c1ccnc(-n2c3[c-]c(Oc4[c-]c(N5[CH-]N(c6cc7c8c(c6)[Si](C)(C)c6ccccc6N8c6ccccc6[Si]7(C)C)c6ccccc65)ccc4)ccc3c3ccccc32)c1.[Pt]. The second kappa shape index (κ2) is 14.9. The van der Waals surface area contributed by atoms with E-state index in [2.05, 4.69) is 218 Å². The topological polar surface area (TPSA) is 36.8 Å². The number of pyridine rings is 1. The van der Waals surface area contributed by atoms with E-state index in [0.29, 0.717) is 11.5 Å². The molecule has 3 aliphatic heterocycles. The Hall–Kier alpha value is -6.19. The van der Waals surface area contributed by atoms with Gasteiger partial charge in [0.15, 0.2) is 0 Å². The summed E-state index contributed by atoms with van der Waals surface area (Å²) >= 11 is 0. The Morgan fingerprint density at radius 2 is 1.17 bits per heavy atom. The maximum absolute atomic E-state index is 6.67. The normalized spacial score (nSPS) is 15.3. The Bertz CT molecular complexity index is 3310. The van der Waals surface area contributed by atoms with Gasteiger partial charge in [-0.05, 0) is 91.7 Å². The predicted molar refractivity (Wildman–Crippen MR) is 271 cm³/mol. The smallest absolute Gasteiger partial charge is 0.135 e. The fourth-order valence-corrected chi connectivity index (χ4v) is 16.5. The minimum atomic E-state index is -2.14. The second-order valence-electron chi connectivity index (χ2n) is 19.4. The predicted octanol–water partition coefficient (Wildman–Crippen LogP) is 12.0. The molecule has 0 saturated heterocycles. The second-order valence-corrected chi connectivity index (χ2v) is 28.1. The molecule has 7 aromatic carbocycles. The zero-order valence-electron chi connectivity index (χ0n) is 37.5. The number of rotatable bonds is 5. The Kier molecular flexibility index (Phi) is 9.53. The standard InChI is InChI=1S/C56H48N5OSi2.Pt/c1-56(2,3)37-29-30-57-54(31-37)60-44-20-9-8-19-42(44)43-28-27-41(35-49(43)60)62-40-18-16-17-38(32-40)58-36-59(46-22-11-10-21-45(46)58)39-33-52-55-53(34-39)64(6,7)51-26-15-13-24-48(51)61(55)47-23-12-14-25-50(47)63(52,4)5;/h8-31,33-34,36H,1-7H3;/q-3;. The van der Waals surface area contributed by atoms with E-state index in [1.165, 1.54) is 49.1 Å². The number of anilines is 7. The zero-order valence-corrected chi connectivity index (χ0v) is 41.8. The first-order valence-corrected chi connectivity index (χ1v) is 28.2. The number of hydrogen-bond acceptors (Lipinski definition) is 5. The fourth-order valence-electron chi connectivity index (χ4n) is 10.4. The Labute approximate surface area is 398 Å². The molecular weight excluding hydrogens is 1010 g/mol. The molecule has 0 saturated carbocycles. The van der Waals surface area contributed by atoms with Crippen molar-refractivity contribution in [3.05, 3.63) is 182 Å². The van der Waals surface area contributed by atoms with E-state index in [1.807, 2.05) is 24.4 Å². The van der Waals surface area contributed by atoms with E-state index >= 15 is 0 Å². The first kappa shape index (κ1) is 41.5. The van der Waals surface area contributed by atoms with Crippen LogP contribution in [-0.2, 0) is 26.5 Å². The Morgan fingerprint density at radius 3 is 1.85 bits per heavy atom. The maximum Gasteiger partial charge on any atom is 0.135 e. The first-order chi connectivity index (χ1) is 30.9. The number of benzene rings is 7. The Morgan fingerprint density at radius 1 is 0.569 bits per heavy atom. The van der Waals surface area contributed by atoms with Crippen LogP contribution in [0.1, 0.15) is 26.3 Å². The van der Waals surface area contributed by atoms with Gasteiger partial charge in [-0.3, -0.25) is 0 Å². The van der Waals surface area contributed by atoms with Crippen LogP contribution in [-0.4, -0.2) is 25.7 Å². The minimum Gasteiger partial charge on any atom is -0.509 e. The van der Waals surface area contributed by atoms with Gasteiger partial charge in [0.05, 0.1) is 0 Å². The molecule has 0 fully saturated rings. The molecule has 0 radical (unpaired) electrons. The summed E-state index contributed by atoms with van der Waals surface area (Å²) in [6.07, 6.45) is 1.91. The van der Waals surface area contributed by atoms with Crippen LogP contribution in [0.2, 0.25) is 26.2 Å². The van der Waals surface area contributed by atoms with Crippen molar-refractivity contribution < 1.29 is 25.8 Å². The average molecular weight is 1060 g/mol. The molecule has 3 aliphatic rings. The molecule has 2 aromatic heterocycles. The number of aromatic nitrogens is 2. The van der Waals surface area contributed by atoms with Crippen LogP contribution < -0.4 is 40.2 Å². The summed E-state index contributed by atoms with van der Waals surface area (Å²) in [5.41, 5.74) is 11.6. The van der Waals surface area contributed by atoms with Gasteiger partial charge < -0.3 is 24.0 Å². The summed E-state index contributed by atoms with van der Waals surface area (Å²) < 4.78 is 8.87. The van der Waals surface area contributed by atoms with E-state index in [1.54, 1.807) is 0 Å². The molecule has 0 bridgehead atoms. The monoisotopic (exact) mass is 1060 g/mol. The summed E-state index contributed by atoms with van der Waals surface area (Å²) in [5.74, 6) is 2.09. The van der Waals surface area contributed by atoms with Crippen molar-refractivity contribution >= 4 is 98.5 Å². The van der Waals surface area contributed by atoms with Crippen LogP contribution in [0.25, 0.3) is 27.6 Å². The number of nitrogens with zero attached hydrogens (tertiary/aromatic N) is 5. The molecule has 0 N–H and O–H groups in total. The van der Waals surface area contributed by atoms with Gasteiger partial charge >= 0.3 is 0 Å². The molecule has 324 valence electrons. The van der Waals surface area contributed by atoms with E-state index in [4.69, 9.17) is 9.72 Å². The molecule has 0 unspecified atom stereocenters. The van der Waals surface area contributed by atoms with E-state index in [0.717, 1.165) is 44.7 Å². The first-order valence-electron chi connectivity index (χ1n) is 22.2. The third-order valence-electron chi connectivity index (χ3n) is 13.8. The molecule has 5 heterocycles. The molecule has 0 aliphatic carbocycles. The van der Waals surface area contributed by atoms with E-state index in [-0.39, 0.29) is 26.5 Å². The number of fused-ring (bicyclic) bond motifs is 8. The van der Waals surface area contributed by atoms with E-state index in [9.17, 15) is 0 Å². The quantitative estimate of drug-likeness (QED) is 0.127. The number of hydrogen-bond donors (Lipinski definition) is 0. The van der Waals surface area contributed by atoms with Crippen LogP contribution in [0, 0.1) is 18.8 Å². The van der Waals surface area contributed by atoms with Crippen LogP contribution in [0.3, 0.4) is 0 Å². The molecule has 12 rings (SSSR count). The molecule has 6 nitrogen and oxygen atoms in total. The van der Waals surface area contributed by atoms with Crippen LogP contribution >= 0.6 is 0 Å². The van der Waals surface area contributed by atoms with Gasteiger partial charge in [0.2, 0.25) is 0 Å². The van der Waals surface area contributed by atoms with Crippen LogP contribution in [0.5, 0.6) is 11.5 Å². The van der Waals surface area contributed by atoms with Gasteiger partial charge in [-0.15, -0.1) is 48.1 Å².